The van der Waals surface area contributed by atoms with Crippen LogP contribution in [0.3, 0.4) is 0 Å². The SMILES string of the molecule is CC[C@H]1CC[C@@H](Oc2ccc3nc(NC4C5CCCC4CC(C(=O)OC)C5)ccc3c2C(F)(F)F)CC1. The van der Waals surface area contributed by atoms with Crippen molar-refractivity contribution < 1.29 is 27.4 Å². The number of rotatable bonds is 6. The number of esters is 1. The summed E-state index contributed by atoms with van der Waals surface area (Å²) in [4.78, 5) is 16.7. The monoisotopic (exact) mass is 518 g/mol. The lowest BCUT2D eigenvalue weighted by Crippen LogP contribution is -2.46. The quantitative estimate of drug-likeness (QED) is 0.404. The van der Waals surface area contributed by atoms with Crippen molar-refractivity contribution in [2.75, 3.05) is 12.4 Å². The van der Waals surface area contributed by atoms with E-state index in [4.69, 9.17) is 9.47 Å². The molecule has 37 heavy (non-hydrogen) atoms. The molecule has 3 aliphatic rings. The molecule has 0 radical (unpaired) electrons. The zero-order valence-corrected chi connectivity index (χ0v) is 21.7. The van der Waals surface area contributed by atoms with E-state index < -0.39 is 11.7 Å². The van der Waals surface area contributed by atoms with Crippen LogP contribution in [0, 0.1) is 23.7 Å². The van der Waals surface area contributed by atoms with Crippen LogP contribution in [-0.2, 0) is 15.7 Å². The number of hydrogen-bond donors (Lipinski definition) is 1. The van der Waals surface area contributed by atoms with Crippen molar-refractivity contribution in [3.63, 3.8) is 0 Å². The number of halogens is 3. The van der Waals surface area contributed by atoms with Gasteiger partial charge in [-0.25, -0.2) is 4.98 Å². The first-order valence-corrected chi connectivity index (χ1v) is 13.8. The zero-order chi connectivity index (χ0) is 26.2. The number of hydrogen-bond acceptors (Lipinski definition) is 5. The first-order chi connectivity index (χ1) is 17.8. The number of anilines is 1. The molecular weight excluding hydrogens is 481 g/mol. The van der Waals surface area contributed by atoms with E-state index in [0.29, 0.717) is 29.1 Å². The molecule has 0 aliphatic heterocycles. The largest absolute Gasteiger partial charge is 0.490 e. The summed E-state index contributed by atoms with van der Waals surface area (Å²) in [5.41, 5.74) is -0.440. The van der Waals surface area contributed by atoms with Gasteiger partial charge >= 0.3 is 12.1 Å². The molecular formula is C29H37F3N2O3. The first-order valence-electron chi connectivity index (χ1n) is 13.8. The fraction of sp³-hybridized carbons (Fsp3) is 0.655. The van der Waals surface area contributed by atoms with Crippen LogP contribution in [0.4, 0.5) is 19.0 Å². The highest BCUT2D eigenvalue weighted by atomic mass is 19.4. The van der Waals surface area contributed by atoms with Gasteiger partial charge in [-0.1, -0.05) is 19.8 Å². The van der Waals surface area contributed by atoms with Crippen molar-refractivity contribution in [1.82, 2.24) is 4.98 Å². The van der Waals surface area contributed by atoms with E-state index in [0.717, 1.165) is 64.2 Å². The number of nitrogens with one attached hydrogen (secondary N) is 1. The third kappa shape index (κ3) is 5.53. The molecule has 0 saturated heterocycles. The van der Waals surface area contributed by atoms with Crippen LogP contribution in [-0.4, -0.2) is 30.2 Å². The van der Waals surface area contributed by atoms with Crippen LogP contribution in [0.1, 0.15) is 76.7 Å². The lowest BCUT2D eigenvalue weighted by atomic mass is 9.64. The second kappa shape index (κ2) is 10.7. The normalized spacial score (nSPS) is 30.1. The molecule has 202 valence electrons. The maximum atomic E-state index is 14.2. The summed E-state index contributed by atoms with van der Waals surface area (Å²) in [6.07, 6.45) is 4.66. The van der Waals surface area contributed by atoms with Crippen LogP contribution in [0.15, 0.2) is 24.3 Å². The first kappa shape index (κ1) is 26.1. The molecule has 2 bridgehead atoms. The van der Waals surface area contributed by atoms with Gasteiger partial charge in [0.25, 0.3) is 0 Å². The molecule has 1 heterocycles. The van der Waals surface area contributed by atoms with E-state index >= 15 is 0 Å². The molecule has 3 aliphatic carbocycles. The maximum absolute atomic E-state index is 14.2. The Labute approximate surface area is 216 Å². The number of nitrogens with zero attached hydrogens (tertiary/aromatic N) is 1. The van der Waals surface area contributed by atoms with Crippen LogP contribution < -0.4 is 10.1 Å². The lowest BCUT2D eigenvalue weighted by Gasteiger charge is -2.45. The molecule has 3 saturated carbocycles. The summed E-state index contributed by atoms with van der Waals surface area (Å²) in [6.45, 7) is 2.16. The van der Waals surface area contributed by atoms with Crippen molar-refractivity contribution in [2.24, 2.45) is 23.7 Å². The van der Waals surface area contributed by atoms with Gasteiger partial charge in [-0.2, -0.15) is 13.2 Å². The second-order valence-corrected chi connectivity index (χ2v) is 11.2. The minimum Gasteiger partial charge on any atom is -0.490 e. The molecule has 5 nitrogen and oxygen atoms in total. The third-order valence-corrected chi connectivity index (χ3v) is 8.97. The molecule has 2 atom stereocenters. The van der Waals surface area contributed by atoms with Gasteiger partial charge in [0, 0.05) is 11.4 Å². The minimum absolute atomic E-state index is 0.0624. The highest BCUT2D eigenvalue weighted by Gasteiger charge is 2.43. The van der Waals surface area contributed by atoms with Gasteiger partial charge in [-0.15, -0.1) is 0 Å². The second-order valence-electron chi connectivity index (χ2n) is 11.2. The summed E-state index contributed by atoms with van der Waals surface area (Å²) in [5, 5.41) is 3.59. The molecule has 1 aromatic heterocycles. The summed E-state index contributed by atoms with van der Waals surface area (Å²) in [5.74, 6) is 1.53. The van der Waals surface area contributed by atoms with Gasteiger partial charge in [0.2, 0.25) is 0 Å². The van der Waals surface area contributed by atoms with Crippen molar-refractivity contribution in [2.45, 2.75) is 89.5 Å². The minimum atomic E-state index is -4.55. The number of aromatic nitrogens is 1. The Morgan fingerprint density at radius 3 is 2.35 bits per heavy atom. The number of carbonyl (C=O) groups is 1. The van der Waals surface area contributed by atoms with Gasteiger partial charge in [0.15, 0.2) is 0 Å². The van der Waals surface area contributed by atoms with E-state index in [1.807, 2.05) is 0 Å². The number of fused-ring (bicyclic) bond motifs is 3. The number of carbonyl (C=O) groups excluding carboxylic acids is 1. The highest BCUT2D eigenvalue weighted by molar-refractivity contribution is 5.86. The molecule has 8 heteroatoms. The van der Waals surface area contributed by atoms with Crippen LogP contribution in [0.2, 0.25) is 0 Å². The molecule has 0 spiro atoms. The number of pyridine rings is 1. The van der Waals surface area contributed by atoms with E-state index in [9.17, 15) is 18.0 Å². The highest BCUT2D eigenvalue weighted by Crippen LogP contribution is 2.45. The van der Waals surface area contributed by atoms with E-state index in [1.165, 1.54) is 19.2 Å². The average Bonchev–Trinajstić information content (AvgIpc) is 2.87. The van der Waals surface area contributed by atoms with E-state index in [2.05, 4.69) is 17.2 Å². The smallest absolute Gasteiger partial charge is 0.420 e. The number of ether oxygens (including phenoxy) is 2. The Kier molecular flexibility index (Phi) is 7.55. The molecule has 2 unspecified atom stereocenters. The maximum Gasteiger partial charge on any atom is 0.420 e. The summed E-state index contributed by atoms with van der Waals surface area (Å²) in [6, 6.07) is 6.39. The van der Waals surface area contributed by atoms with Crippen LogP contribution in [0.5, 0.6) is 5.75 Å². The molecule has 1 aromatic carbocycles. The predicted molar refractivity (Wildman–Crippen MR) is 136 cm³/mol. The predicted octanol–water partition coefficient (Wildman–Crippen LogP) is 7.38. The van der Waals surface area contributed by atoms with E-state index in [-0.39, 0.29) is 35.2 Å². The van der Waals surface area contributed by atoms with Crippen molar-refractivity contribution in [3.05, 3.63) is 29.8 Å². The Hall–Kier alpha value is -2.51. The van der Waals surface area contributed by atoms with Crippen molar-refractivity contribution in [1.29, 1.82) is 0 Å². The summed E-state index contributed by atoms with van der Waals surface area (Å²) < 4.78 is 53.7. The Morgan fingerprint density at radius 1 is 1.03 bits per heavy atom. The van der Waals surface area contributed by atoms with Gasteiger partial charge < -0.3 is 14.8 Å². The number of alkyl halides is 3. The van der Waals surface area contributed by atoms with Gasteiger partial charge in [0.05, 0.1) is 24.6 Å². The van der Waals surface area contributed by atoms with Gasteiger partial charge in [-0.3, -0.25) is 4.79 Å². The fourth-order valence-corrected chi connectivity index (χ4v) is 7.00. The van der Waals surface area contributed by atoms with Crippen LogP contribution >= 0.6 is 0 Å². The third-order valence-electron chi connectivity index (χ3n) is 8.97. The zero-order valence-electron chi connectivity index (χ0n) is 21.7. The van der Waals surface area contributed by atoms with Gasteiger partial charge in [-0.05, 0) is 93.4 Å². The molecule has 3 fully saturated rings. The van der Waals surface area contributed by atoms with Gasteiger partial charge in [0.1, 0.15) is 17.1 Å². The molecule has 2 aromatic rings. The number of benzene rings is 1. The van der Waals surface area contributed by atoms with E-state index in [1.54, 1.807) is 12.1 Å². The summed E-state index contributed by atoms with van der Waals surface area (Å²) >= 11 is 0. The number of methoxy groups -OCH3 is 1. The Morgan fingerprint density at radius 2 is 1.73 bits per heavy atom. The molecule has 0 amide bonds. The standard InChI is InChI=1S/C29H37F3N2O3/c1-3-17-7-9-21(10-8-17)37-24-13-12-23-22(26(24)29(30,31)32)11-14-25(33-23)34-27-18-5-4-6-19(27)16-20(15-18)28(35)36-2/h11-14,17-21,27H,3-10,15-16H2,1-2H3,(H,33,34)/t17-,18?,19?,20?,21+,27?. The lowest BCUT2D eigenvalue weighted by molar-refractivity contribution is -0.148. The van der Waals surface area contributed by atoms with Crippen molar-refractivity contribution in [3.8, 4) is 5.75 Å². The molecule has 1 N–H and O–H groups in total. The summed E-state index contributed by atoms with van der Waals surface area (Å²) in [7, 11) is 1.43. The Bertz CT molecular complexity index is 1100. The van der Waals surface area contributed by atoms with Crippen molar-refractivity contribution >= 4 is 22.7 Å². The fourth-order valence-electron chi connectivity index (χ4n) is 7.00. The van der Waals surface area contributed by atoms with Crippen LogP contribution in [0.25, 0.3) is 10.9 Å². The Balaban J connectivity index is 1.37. The topological polar surface area (TPSA) is 60.5 Å². The average molecular weight is 519 g/mol. The molecule has 5 rings (SSSR count).